The maximum absolute atomic E-state index is 11.7. The van der Waals surface area contributed by atoms with Crippen LogP contribution in [0.4, 0.5) is 17.5 Å². The SMILES string of the molecule is C=Cc1cccc(Nc2nc(NC[C@@H]3CCCC[C@@H]3N)ncc2C(N)=O)c1. The van der Waals surface area contributed by atoms with Crippen LogP contribution >= 0.6 is 0 Å². The highest BCUT2D eigenvalue weighted by Gasteiger charge is 2.22. The Morgan fingerprint density at radius 2 is 2.15 bits per heavy atom. The summed E-state index contributed by atoms with van der Waals surface area (Å²) in [6, 6.07) is 7.83. The fraction of sp³-hybridized carbons (Fsp3) is 0.350. The molecule has 2 aromatic rings. The molecule has 1 heterocycles. The summed E-state index contributed by atoms with van der Waals surface area (Å²) in [6.07, 6.45) is 7.75. The Hall–Kier alpha value is -2.93. The van der Waals surface area contributed by atoms with Gasteiger partial charge in [-0.2, -0.15) is 4.98 Å². The molecule has 7 heteroatoms. The third-order valence-corrected chi connectivity index (χ3v) is 4.93. The van der Waals surface area contributed by atoms with Crippen molar-refractivity contribution in [1.29, 1.82) is 0 Å². The maximum Gasteiger partial charge on any atom is 0.254 e. The van der Waals surface area contributed by atoms with Gasteiger partial charge in [0.1, 0.15) is 11.4 Å². The van der Waals surface area contributed by atoms with Gasteiger partial charge in [0.05, 0.1) is 0 Å². The lowest BCUT2D eigenvalue weighted by Gasteiger charge is -2.28. The van der Waals surface area contributed by atoms with Crippen molar-refractivity contribution in [2.75, 3.05) is 17.2 Å². The van der Waals surface area contributed by atoms with Gasteiger partial charge >= 0.3 is 0 Å². The molecule has 6 N–H and O–H groups in total. The predicted molar refractivity (Wildman–Crippen MR) is 109 cm³/mol. The van der Waals surface area contributed by atoms with Crippen LogP contribution in [0.15, 0.2) is 37.0 Å². The lowest BCUT2D eigenvalue weighted by atomic mass is 9.85. The van der Waals surface area contributed by atoms with Crippen molar-refractivity contribution in [2.24, 2.45) is 17.4 Å². The topological polar surface area (TPSA) is 119 Å². The number of anilines is 3. The molecule has 0 unspecified atom stereocenters. The van der Waals surface area contributed by atoms with E-state index in [4.69, 9.17) is 11.5 Å². The van der Waals surface area contributed by atoms with E-state index in [1.807, 2.05) is 24.3 Å². The quantitative estimate of drug-likeness (QED) is 0.598. The molecule has 1 aromatic carbocycles. The third kappa shape index (κ3) is 4.83. The van der Waals surface area contributed by atoms with Gasteiger partial charge in [-0.25, -0.2) is 4.98 Å². The van der Waals surface area contributed by atoms with Gasteiger partial charge in [-0.3, -0.25) is 4.79 Å². The van der Waals surface area contributed by atoms with E-state index in [2.05, 4.69) is 27.2 Å². The smallest absolute Gasteiger partial charge is 0.254 e. The zero-order valence-electron chi connectivity index (χ0n) is 15.3. The Labute approximate surface area is 159 Å². The second-order valence-corrected chi connectivity index (χ2v) is 6.86. The van der Waals surface area contributed by atoms with Gasteiger partial charge in [0.15, 0.2) is 0 Å². The normalized spacial score (nSPS) is 19.3. The number of nitrogens with two attached hydrogens (primary N) is 2. The third-order valence-electron chi connectivity index (χ3n) is 4.93. The van der Waals surface area contributed by atoms with Crippen LogP contribution in [0.1, 0.15) is 41.6 Å². The summed E-state index contributed by atoms with van der Waals surface area (Å²) >= 11 is 0. The molecular weight excluding hydrogens is 340 g/mol. The zero-order valence-corrected chi connectivity index (χ0v) is 15.3. The van der Waals surface area contributed by atoms with Gasteiger partial charge in [0, 0.05) is 24.5 Å². The molecule has 1 aliphatic rings. The highest BCUT2D eigenvalue weighted by molar-refractivity contribution is 5.98. The van der Waals surface area contributed by atoms with E-state index < -0.39 is 5.91 Å². The van der Waals surface area contributed by atoms with E-state index in [1.165, 1.54) is 19.0 Å². The summed E-state index contributed by atoms with van der Waals surface area (Å²) in [5.41, 5.74) is 13.7. The van der Waals surface area contributed by atoms with Crippen LogP contribution in [-0.4, -0.2) is 28.5 Å². The van der Waals surface area contributed by atoms with E-state index in [0.717, 1.165) is 24.1 Å². The standard InChI is InChI=1S/C20H26N6O/c1-2-13-6-5-8-15(10-13)25-19-16(18(22)27)12-24-20(26-19)23-11-14-7-3-4-9-17(14)21/h2,5-6,8,10,12,14,17H,1,3-4,7,9,11,21H2,(H2,22,27)(H2,23,24,25,26)/t14-,17-/m0/s1. The van der Waals surface area contributed by atoms with Gasteiger partial charge in [-0.15, -0.1) is 0 Å². The van der Waals surface area contributed by atoms with Crippen LogP contribution in [-0.2, 0) is 0 Å². The Morgan fingerprint density at radius 1 is 1.33 bits per heavy atom. The number of hydrogen-bond acceptors (Lipinski definition) is 6. The molecule has 142 valence electrons. The Morgan fingerprint density at radius 3 is 2.89 bits per heavy atom. The van der Waals surface area contributed by atoms with Gasteiger partial charge in [-0.05, 0) is 36.5 Å². The Kier molecular flexibility index (Phi) is 6.03. The van der Waals surface area contributed by atoms with Gasteiger partial charge in [0.25, 0.3) is 5.91 Å². The number of amides is 1. The van der Waals surface area contributed by atoms with Crippen molar-refractivity contribution in [1.82, 2.24) is 9.97 Å². The first kappa shape index (κ1) is 18.8. The summed E-state index contributed by atoms with van der Waals surface area (Å²) in [6.45, 7) is 4.48. The number of nitrogens with zero attached hydrogens (tertiary/aromatic N) is 2. The molecule has 0 saturated heterocycles. The van der Waals surface area contributed by atoms with Crippen molar-refractivity contribution in [3.63, 3.8) is 0 Å². The number of benzene rings is 1. The first-order valence-corrected chi connectivity index (χ1v) is 9.22. The first-order chi connectivity index (χ1) is 13.1. The number of hydrogen-bond donors (Lipinski definition) is 4. The molecule has 7 nitrogen and oxygen atoms in total. The predicted octanol–water partition coefficient (Wildman–Crippen LogP) is 2.89. The number of rotatable bonds is 7. The molecular formula is C20H26N6O. The van der Waals surface area contributed by atoms with Crippen LogP contribution in [0.3, 0.4) is 0 Å². The average molecular weight is 366 g/mol. The maximum atomic E-state index is 11.7. The first-order valence-electron chi connectivity index (χ1n) is 9.22. The van der Waals surface area contributed by atoms with Crippen molar-refractivity contribution < 1.29 is 4.79 Å². The van der Waals surface area contributed by atoms with E-state index in [9.17, 15) is 4.79 Å². The number of primary amides is 1. The molecule has 1 aromatic heterocycles. The van der Waals surface area contributed by atoms with Gasteiger partial charge in [0.2, 0.25) is 5.95 Å². The van der Waals surface area contributed by atoms with Crippen molar-refractivity contribution in [2.45, 2.75) is 31.7 Å². The average Bonchev–Trinajstić information content (AvgIpc) is 2.67. The summed E-state index contributed by atoms with van der Waals surface area (Å²) in [5, 5.41) is 6.40. The monoisotopic (exact) mass is 366 g/mol. The number of carbonyl (C=O) groups excluding carboxylic acids is 1. The molecule has 0 spiro atoms. The molecule has 27 heavy (non-hydrogen) atoms. The molecule has 0 radical (unpaired) electrons. The molecule has 1 fully saturated rings. The van der Waals surface area contributed by atoms with Gasteiger partial charge < -0.3 is 22.1 Å². The second-order valence-electron chi connectivity index (χ2n) is 6.86. The molecule has 1 saturated carbocycles. The lowest BCUT2D eigenvalue weighted by molar-refractivity contribution is 0.100. The molecule has 3 rings (SSSR count). The highest BCUT2D eigenvalue weighted by Crippen LogP contribution is 2.24. The number of nitrogens with one attached hydrogen (secondary N) is 2. The fourth-order valence-electron chi connectivity index (χ4n) is 3.33. The van der Waals surface area contributed by atoms with Gasteiger partial charge in [-0.1, -0.05) is 37.6 Å². The minimum atomic E-state index is -0.585. The van der Waals surface area contributed by atoms with Crippen molar-refractivity contribution >= 4 is 29.4 Å². The molecule has 2 atom stereocenters. The minimum absolute atomic E-state index is 0.204. The van der Waals surface area contributed by atoms with Crippen molar-refractivity contribution in [3.05, 3.63) is 48.2 Å². The van der Waals surface area contributed by atoms with Crippen LogP contribution in [0.25, 0.3) is 6.08 Å². The van der Waals surface area contributed by atoms with E-state index in [0.29, 0.717) is 24.2 Å². The van der Waals surface area contributed by atoms with E-state index in [1.54, 1.807) is 6.08 Å². The van der Waals surface area contributed by atoms with Crippen LogP contribution in [0.5, 0.6) is 0 Å². The number of carbonyl (C=O) groups is 1. The second kappa shape index (κ2) is 8.64. The Bertz CT molecular complexity index is 822. The molecule has 1 amide bonds. The Balaban J connectivity index is 1.77. The van der Waals surface area contributed by atoms with Crippen molar-refractivity contribution in [3.8, 4) is 0 Å². The summed E-state index contributed by atoms with van der Waals surface area (Å²) in [5.74, 6) is 0.631. The fourth-order valence-corrected chi connectivity index (χ4v) is 3.33. The largest absolute Gasteiger partial charge is 0.365 e. The number of aromatic nitrogens is 2. The van der Waals surface area contributed by atoms with Crippen LogP contribution < -0.4 is 22.1 Å². The molecule has 1 aliphatic carbocycles. The summed E-state index contributed by atoms with van der Waals surface area (Å²) < 4.78 is 0. The van der Waals surface area contributed by atoms with Crippen LogP contribution in [0, 0.1) is 5.92 Å². The van der Waals surface area contributed by atoms with E-state index in [-0.39, 0.29) is 11.6 Å². The highest BCUT2D eigenvalue weighted by atomic mass is 16.1. The summed E-state index contributed by atoms with van der Waals surface area (Å²) in [7, 11) is 0. The summed E-state index contributed by atoms with van der Waals surface area (Å²) in [4.78, 5) is 20.4. The molecule has 0 bridgehead atoms. The van der Waals surface area contributed by atoms with Crippen LogP contribution in [0.2, 0.25) is 0 Å². The molecule has 0 aliphatic heterocycles. The zero-order chi connectivity index (χ0) is 19.2. The van der Waals surface area contributed by atoms with E-state index >= 15 is 0 Å². The minimum Gasteiger partial charge on any atom is -0.365 e. The lowest BCUT2D eigenvalue weighted by Crippen LogP contribution is -2.37.